The van der Waals surface area contributed by atoms with Crippen LogP contribution in [0.4, 0.5) is 34.1 Å². The summed E-state index contributed by atoms with van der Waals surface area (Å²) in [4.78, 5) is 12.7. The van der Waals surface area contributed by atoms with Crippen LogP contribution < -0.4 is 55.3 Å². The molecule has 6 aromatic rings. The maximum atomic E-state index is 13.1. The Kier molecular flexibility index (Phi) is 11.7. The monoisotopic (exact) mass is 775 g/mol. The quantitative estimate of drug-likeness (QED) is 0.0496. The number of anilines is 2. The van der Waals surface area contributed by atoms with E-state index in [4.69, 9.17) is 15.2 Å². The first-order valence-corrected chi connectivity index (χ1v) is 17.9. The van der Waals surface area contributed by atoms with E-state index in [1.165, 1.54) is 32.4 Å². The van der Waals surface area contributed by atoms with Crippen molar-refractivity contribution < 1.29 is 61.9 Å². The third-order valence-electron chi connectivity index (χ3n) is 8.63. The van der Waals surface area contributed by atoms with Gasteiger partial charge in [-0.25, -0.2) is 0 Å². The Morgan fingerprint density at radius 2 is 1.39 bits per heavy atom. The zero-order valence-electron chi connectivity index (χ0n) is 30.2. The number of methoxy groups -OCH3 is 2. The third-order valence-corrected chi connectivity index (χ3v) is 9.53. The van der Waals surface area contributed by atoms with E-state index in [9.17, 15) is 22.9 Å². The molecule has 0 saturated heterocycles. The summed E-state index contributed by atoms with van der Waals surface area (Å²) < 4.78 is 45.1. The molecule has 16 heteroatoms. The Balaban J connectivity index is 0.00000532. The van der Waals surface area contributed by atoms with E-state index in [2.05, 4.69) is 31.0 Å². The van der Waals surface area contributed by atoms with E-state index in [1.54, 1.807) is 66.7 Å². The SMILES string of the molecule is COc1cc(-c2ccc(NN=C3C=C(S(=O)(=O)O)c4ccccc4C3=O)c(OC)c2)ccc1N=Nc1ccc(N=Nc2c([O-])ccc3ccccc23)cc1N.[Na+]. The number of Topliss-reactive ketones (excluding diaryl/α,β-unsaturated/α-hetero) is 1. The van der Waals surface area contributed by atoms with Crippen LogP contribution in [0.5, 0.6) is 17.2 Å². The molecule has 56 heavy (non-hydrogen) atoms. The van der Waals surface area contributed by atoms with Crippen LogP contribution in [0.3, 0.4) is 0 Å². The van der Waals surface area contributed by atoms with Gasteiger partial charge in [0.2, 0.25) is 5.78 Å². The molecular weight excluding hydrogens is 746 g/mol. The second kappa shape index (κ2) is 16.6. The Hall–Kier alpha value is -6.23. The molecule has 0 heterocycles. The van der Waals surface area contributed by atoms with E-state index in [0.29, 0.717) is 45.3 Å². The number of carbonyl (C=O) groups excluding carboxylic acids is 1. The number of benzene rings is 6. The summed E-state index contributed by atoms with van der Waals surface area (Å²) in [5.74, 6) is 0.0445. The standard InChI is InChI=1S/C40H31N7O7S.Na/c1-53-36-19-24(25-12-16-33(37(20-25)54-2)45-46-34-22-38(55(50,51)52)28-9-5-6-10-29(28)40(34)49)11-15-32(36)44-43-31-17-14-26(21-30(31)41)42-47-39-27-8-4-3-7-23(27)13-18-35(39)48;/h3-22,45,48H,41H2,1-2H3,(H,50,51,52);/q;+1/p-1. The molecule has 0 radical (unpaired) electrons. The van der Waals surface area contributed by atoms with E-state index in [0.717, 1.165) is 22.6 Å². The Morgan fingerprint density at radius 1 is 0.732 bits per heavy atom. The number of hydrazone groups is 1. The van der Waals surface area contributed by atoms with Gasteiger partial charge in [-0.3, -0.25) is 14.8 Å². The summed E-state index contributed by atoms with van der Waals surface area (Å²) in [6.07, 6.45) is 1.02. The van der Waals surface area contributed by atoms with Gasteiger partial charge in [-0.2, -0.15) is 23.7 Å². The van der Waals surface area contributed by atoms with Gasteiger partial charge in [-0.15, -0.1) is 10.2 Å². The van der Waals surface area contributed by atoms with Crippen LogP contribution in [0.15, 0.2) is 147 Å². The van der Waals surface area contributed by atoms with Gasteiger partial charge in [-0.1, -0.05) is 78.5 Å². The molecule has 274 valence electrons. The number of hydrogen-bond acceptors (Lipinski definition) is 13. The first kappa shape index (κ1) is 39.5. The number of allylic oxidation sites excluding steroid dienone is 1. The van der Waals surface area contributed by atoms with Crippen molar-refractivity contribution in [3.63, 3.8) is 0 Å². The third kappa shape index (κ3) is 8.22. The number of nitrogens with two attached hydrogens (primary N) is 1. The molecule has 7 rings (SSSR count). The fraction of sp³-hybridized carbons (Fsp3) is 0.0500. The summed E-state index contributed by atoms with van der Waals surface area (Å²) in [5, 5.41) is 35.3. The van der Waals surface area contributed by atoms with Crippen LogP contribution in [0, 0.1) is 0 Å². The average molecular weight is 776 g/mol. The topological polar surface area (TPSA) is 213 Å². The largest absolute Gasteiger partial charge is 1.00 e. The molecule has 1 aliphatic carbocycles. The van der Waals surface area contributed by atoms with Crippen LogP contribution in [0.25, 0.3) is 26.8 Å². The smallest absolute Gasteiger partial charge is 0.871 e. The van der Waals surface area contributed by atoms with Crippen molar-refractivity contribution in [1.29, 1.82) is 0 Å². The molecule has 0 bridgehead atoms. The molecule has 0 amide bonds. The molecule has 0 unspecified atom stereocenters. The van der Waals surface area contributed by atoms with Crippen LogP contribution in [0.2, 0.25) is 0 Å². The average Bonchev–Trinajstić information content (AvgIpc) is 3.19. The fourth-order valence-electron chi connectivity index (χ4n) is 5.87. The van der Waals surface area contributed by atoms with Crippen molar-refractivity contribution in [2.45, 2.75) is 0 Å². The van der Waals surface area contributed by atoms with Gasteiger partial charge >= 0.3 is 29.6 Å². The minimum atomic E-state index is -4.64. The summed E-state index contributed by atoms with van der Waals surface area (Å²) >= 11 is 0. The van der Waals surface area contributed by atoms with Crippen molar-refractivity contribution in [2.24, 2.45) is 25.6 Å². The number of nitrogens with one attached hydrogen (secondary N) is 1. The Bertz CT molecular complexity index is 2750. The van der Waals surface area contributed by atoms with Gasteiger partial charge in [-0.05, 0) is 65.1 Å². The first-order valence-electron chi connectivity index (χ1n) is 16.5. The van der Waals surface area contributed by atoms with Crippen LogP contribution in [-0.4, -0.2) is 38.7 Å². The number of rotatable bonds is 10. The maximum Gasteiger partial charge on any atom is 1.00 e. The van der Waals surface area contributed by atoms with E-state index >= 15 is 0 Å². The van der Waals surface area contributed by atoms with Gasteiger partial charge in [0.25, 0.3) is 10.1 Å². The molecule has 0 aliphatic heterocycles. The second-order valence-electron chi connectivity index (χ2n) is 12.0. The number of hydrogen-bond donors (Lipinski definition) is 3. The number of nitrogens with zero attached hydrogens (tertiary/aromatic N) is 5. The van der Waals surface area contributed by atoms with Crippen LogP contribution >= 0.6 is 0 Å². The van der Waals surface area contributed by atoms with Crippen molar-refractivity contribution in [3.05, 3.63) is 132 Å². The van der Waals surface area contributed by atoms with Crippen LogP contribution in [-0.2, 0) is 10.1 Å². The van der Waals surface area contributed by atoms with Gasteiger partial charge in [0.05, 0.1) is 37.0 Å². The summed E-state index contributed by atoms with van der Waals surface area (Å²) in [5.41, 5.74) is 12.7. The normalized spacial score (nSPS) is 13.4. The van der Waals surface area contributed by atoms with Gasteiger partial charge in [0.1, 0.15) is 33.5 Å². The molecule has 6 aromatic carbocycles. The molecule has 0 fully saturated rings. The van der Waals surface area contributed by atoms with Crippen molar-refractivity contribution in [3.8, 4) is 28.4 Å². The maximum absolute atomic E-state index is 13.1. The van der Waals surface area contributed by atoms with E-state index in [1.807, 2.05) is 30.3 Å². The van der Waals surface area contributed by atoms with Gasteiger partial charge in [0.15, 0.2) is 0 Å². The molecule has 0 atom stereocenters. The van der Waals surface area contributed by atoms with Gasteiger partial charge in [0, 0.05) is 16.5 Å². The molecule has 0 saturated carbocycles. The molecular formula is C40H30N7NaO7S. The molecule has 0 spiro atoms. The first-order chi connectivity index (χ1) is 26.5. The van der Waals surface area contributed by atoms with Crippen molar-refractivity contribution in [1.82, 2.24) is 0 Å². The molecule has 0 aromatic heterocycles. The number of nitrogen functional groups attached to an aromatic ring is 1. The Labute approximate surface area is 343 Å². The van der Waals surface area contributed by atoms with E-state index in [-0.39, 0.29) is 57.8 Å². The number of azo groups is 2. The predicted molar refractivity (Wildman–Crippen MR) is 209 cm³/mol. The number of carbonyl (C=O) groups is 1. The molecule has 14 nitrogen and oxygen atoms in total. The van der Waals surface area contributed by atoms with E-state index < -0.39 is 20.8 Å². The fourth-order valence-corrected chi connectivity index (χ4v) is 6.59. The second-order valence-corrected chi connectivity index (χ2v) is 13.4. The summed E-state index contributed by atoms with van der Waals surface area (Å²) in [6.45, 7) is 0. The number of fused-ring (bicyclic) bond motifs is 2. The zero-order valence-corrected chi connectivity index (χ0v) is 33.0. The van der Waals surface area contributed by atoms with Gasteiger partial charge < -0.3 is 20.3 Å². The van der Waals surface area contributed by atoms with Crippen molar-refractivity contribution in [2.75, 3.05) is 25.4 Å². The Morgan fingerprint density at radius 3 is 2.12 bits per heavy atom. The molecule has 4 N–H and O–H groups in total. The predicted octanol–water partition coefficient (Wildman–Crippen LogP) is 5.91. The summed E-state index contributed by atoms with van der Waals surface area (Å²) in [6, 6.07) is 32.2. The minimum absolute atomic E-state index is 0. The number of ketones is 1. The minimum Gasteiger partial charge on any atom is -0.871 e. The number of ether oxygens (including phenoxy) is 2. The zero-order chi connectivity index (χ0) is 38.7. The summed E-state index contributed by atoms with van der Waals surface area (Å²) in [7, 11) is -1.67. The van der Waals surface area contributed by atoms with Crippen LogP contribution in [0.1, 0.15) is 15.9 Å². The van der Waals surface area contributed by atoms with Crippen molar-refractivity contribution >= 4 is 71.4 Å². The molecule has 1 aliphatic rings.